The summed E-state index contributed by atoms with van der Waals surface area (Å²) in [6.07, 6.45) is 4.09. The molecular formula is C28H34N4O4. The Morgan fingerprint density at radius 1 is 1.06 bits per heavy atom. The van der Waals surface area contributed by atoms with Crippen LogP contribution in [-0.2, 0) is 32.1 Å². The third kappa shape index (κ3) is 5.83. The molecule has 2 aromatic rings. The Balaban J connectivity index is 1.51. The zero-order valence-electron chi connectivity index (χ0n) is 20.9. The molecule has 8 nitrogen and oxygen atoms in total. The van der Waals surface area contributed by atoms with Gasteiger partial charge >= 0.3 is 0 Å². The topological polar surface area (TPSA) is 105 Å². The number of nitrogens with one attached hydrogen (secondary N) is 1. The molecule has 0 aromatic heterocycles. The summed E-state index contributed by atoms with van der Waals surface area (Å²) < 4.78 is 5.85. The molecule has 190 valence electrons. The Bertz CT molecular complexity index is 1110. The summed E-state index contributed by atoms with van der Waals surface area (Å²) in [6, 6.07) is 18.7. The molecule has 0 radical (unpaired) electrons. The lowest BCUT2D eigenvalue weighted by Crippen LogP contribution is -2.65. The standard InChI is InChI=1S/C28H34N4O4/c1-27(2,29)26(35)30-23(19-36-18-22-11-7-4-8-12-22)25(34)31-15-16-32-24(33)13-14-28(32,20-31)17-21-9-5-3-6-10-21/h3-14,23H,15-20,29H2,1-2H3,(H,30,35)/t23-,28?/m1/s1. The van der Waals surface area contributed by atoms with E-state index in [0.717, 1.165) is 11.1 Å². The fourth-order valence-electron chi connectivity index (χ4n) is 4.68. The number of amides is 3. The van der Waals surface area contributed by atoms with Crippen molar-refractivity contribution in [3.8, 4) is 0 Å². The highest BCUT2D eigenvalue weighted by Crippen LogP contribution is 2.32. The van der Waals surface area contributed by atoms with E-state index in [2.05, 4.69) is 5.32 Å². The van der Waals surface area contributed by atoms with Gasteiger partial charge in [-0.2, -0.15) is 0 Å². The Hall–Kier alpha value is -3.49. The number of rotatable bonds is 9. The fourth-order valence-corrected chi connectivity index (χ4v) is 4.68. The summed E-state index contributed by atoms with van der Waals surface area (Å²) in [4.78, 5) is 42.6. The van der Waals surface area contributed by atoms with Gasteiger partial charge in [-0.3, -0.25) is 14.4 Å². The third-order valence-electron chi connectivity index (χ3n) is 6.65. The van der Waals surface area contributed by atoms with Crippen LogP contribution in [0.4, 0.5) is 0 Å². The van der Waals surface area contributed by atoms with Crippen LogP contribution in [0.15, 0.2) is 72.8 Å². The van der Waals surface area contributed by atoms with Gasteiger partial charge in [-0.25, -0.2) is 0 Å². The number of ether oxygens (including phenoxy) is 1. The lowest BCUT2D eigenvalue weighted by molar-refractivity contribution is -0.146. The molecule has 0 spiro atoms. The van der Waals surface area contributed by atoms with Crippen LogP contribution < -0.4 is 11.1 Å². The maximum Gasteiger partial charge on any atom is 0.247 e. The second kappa shape index (κ2) is 10.6. The molecule has 2 aliphatic rings. The van der Waals surface area contributed by atoms with Gasteiger partial charge in [0.15, 0.2) is 0 Å². The van der Waals surface area contributed by atoms with Crippen LogP contribution in [0.5, 0.6) is 0 Å². The summed E-state index contributed by atoms with van der Waals surface area (Å²) in [5, 5.41) is 2.79. The van der Waals surface area contributed by atoms with Crippen LogP contribution in [-0.4, -0.2) is 70.9 Å². The van der Waals surface area contributed by atoms with E-state index in [1.54, 1.807) is 24.8 Å². The normalized spacial score (nSPS) is 20.2. The van der Waals surface area contributed by atoms with E-state index in [4.69, 9.17) is 10.5 Å². The van der Waals surface area contributed by atoms with Crippen molar-refractivity contribution < 1.29 is 19.1 Å². The molecule has 0 bridgehead atoms. The minimum atomic E-state index is -1.15. The van der Waals surface area contributed by atoms with E-state index in [9.17, 15) is 14.4 Å². The summed E-state index contributed by atoms with van der Waals surface area (Å²) in [5.41, 5.74) is 6.27. The molecule has 2 aromatic carbocycles. The number of fused-ring (bicyclic) bond motifs is 1. The van der Waals surface area contributed by atoms with E-state index in [-0.39, 0.29) is 18.4 Å². The van der Waals surface area contributed by atoms with Gasteiger partial charge < -0.3 is 25.6 Å². The molecular weight excluding hydrogens is 456 g/mol. The monoisotopic (exact) mass is 490 g/mol. The maximum atomic E-state index is 13.7. The molecule has 2 heterocycles. The van der Waals surface area contributed by atoms with Gasteiger partial charge in [-0.15, -0.1) is 0 Å². The van der Waals surface area contributed by atoms with Gasteiger partial charge in [0, 0.05) is 32.1 Å². The molecule has 2 aliphatic heterocycles. The summed E-state index contributed by atoms with van der Waals surface area (Å²) in [6.45, 7) is 4.64. The molecule has 36 heavy (non-hydrogen) atoms. The summed E-state index contributed by atoms with van der Waals surface area (Å²) in [7, 11) is 0. The first-order valence-electron chi connectivity index (χ1n) is 12.2. The Morgan fingerprint density at radius 2 is 1.69 bits per heavy atom. The number of hydrogen-bond acceptors (Lipinski definition) is 5. The Labute approximate surface area is 212 Å². The first-order chi connectivity index (χ1) is 17.2. The molecule has 3 amide bonds. The van der Waals surface area contributed by atoms with Gasteiger partial charge in [-0.05, 0) is 25.0 Å². The number of nitrogens with zero attached hydrogens (tertiary/aromatic N) is 2. The SMILES string of the molecule is CC(C)(N)C(=O)N[C@H](COCc1ccccc1)C(=O)N1CCN2C(=O)C=CC2(Cc2ccccc2)C1. The molecule has 1 fully saturated rings. The van der Waals surface area contributed by atoms with Crippen molar-refractivity contribution in [2.45, 2.75) is 44.0 Å². The summed E-state index contributed by atoms with van der Waals surface area (Å²) in [5.74, 6) is -0.725. The zero-order valence-corrected chi connectivity index (χ0v) is 20.9. The highest BCUT2D eigenvalue weighted by atomic mass is 16.5. The lowest BCUT2D eigenvalue weighted by Gasteiger charge is -2.47. The van der Waals surface area contributed by atoms with Crippen molar-refractivity contribution in [1.82, 2.24) is 15.1 Å². The molecule has 2 atom stereocenters. The van der Waals surface area contributed by atoms with Gasteiger partial charge in [0.2, 0.25) is 17.7 Å². The number of benzene rings is 2. The fraction of sp³-hybridized carbons (Fsp3) is 0.393. The quantitative estimate of drug-likeness (QED) is 0.556. The molecule has 3 N–H and O–H groups in total. The predicted molar refractivity (Wildman–Crippen MR) is 137 cm³/mol. The molecule has 4 rings (SSSR count). The van der Waals surface area contributed by atoms with Crippen molar-refractivity contribution in [2.75, 3.05) is 26.2 Å². The second-order valence-electron chi connectivity index (χ2n) is 10.1. The number of carbonyl (C=O) groups excluding carboxylic acids is 3. The average molecular weight is 491 g/mol. The zero-order chi connectivity index (χ0) is 25.8. The van der Waals surface area contributed by atoms with Gasteiger partial charge in [0.1, 0.15) is 6.04 Å². The molecule has 1 saturated heterocycles. The van der Waals surface area contributed by atoms with Crippen molar-refractivity contribution in [3.63, 3.8) is 0 Å². The van der Waals surface area contributed by atoms with Crippen molar-refractivity contribution in [2.24, 2.45) is 5.73 Å². The number of piperazine rings is 1. The number of hydrogen-bond donors (Lipinski definition) is 2. The maximum absolute atomic E-state index is 13.7. The van der Waals surface area contributed by atoms with E-state index in [0.29, 0.717) is 32.7 Å². The second-order valence-corrected chi connectivity index (χ2v) is 10.1. The third-order valence-corrected chi connectivity index (χ3v) is 6.65. The smallest absolute Gasteiger partial charge is 0.247 e. The molecule has 8 heteroatoms. The highest BCUT2D eigenvalue weighted by molar-refractivity contribution is 5.93. The number of nitrogens with two attached hydrogens (primary N) is 1. The van der Waals surface area contributed by atoms with Crippen LogP contribution >= 0.6 is 0 Å². The largest absolute Gasteiger partial charge is 0.374 e. The van der Waals surface area contributed by atoms with E-state index >= 15 is 0 Å². The number of carbonyl (C=O) groups is 3. The van der Waals surface area contributed by atoms with Crippen molar-refractivity contribution >= 4 is 17.7 Å². The lowest BCUT2D eigenvalue weighted by atomic mass is 9.88. The minimum absolute atomic E-state index is 0.0101. The highest BCUT2D eigenvalue weighted by Gasteiger charge is 2.47. The molecule has 1 unspecified atom stereocenters. The Morgan fingerprint density at radius 3 is 2.33 bits per heavy atom. The first kappa shape index (κ1) is 25.6. The van der Waals surface area contributed by atoms with Crippen LogP contribution in [0.25, 0.3) is 0 Å². The summed E-state index contributed by atoms with van der Waals surface area (Å²) >= 11 is 0. The minimum Gasteiger partial charge on any atom is -0.374 e. The van der Waals surface area contributed by atoms with Gasteiger partial charge in [0.25, 0.3) is 0 Å². The van der Waals surface area contributed by atoms with Gasteiger partial charge in [-0.1, -0.05) is 66.7 Å². The van der Waals surface area contributed by atoms with Crippen LogP contribution in [0, 0.1) is 0 Å². The van der Waals surface area contributed by atoms with Crippen LogP contribution in [0.1, 0.15) is 25.0 Å². The van der Waals surface area contributed by atoms with Gasteiger partial charge in [0.05, 0.1) is 24.3 Å². The Kier molecular flexibility index (Phi) is 7.56. The average Bonchev–Trinajstić information content (AvgIpc) is 3.18. The van der Waals surface area contributed by atoms with Crippen molar-refractivity contribution in [1.29, 1.82) is 0 Å². The van der Waals surface area contributed by atoms with E-state index in [1.807, 2.05) is 71.6 Å². The van der Waals surface area contributed by atoms with E-state index in [1.165, 1.54) is 0 Å². The first-order valence-corrected chi connectivity index (χ1v) is 12.2. The van der Waals surface area contributed by atoms with E-state index < -0.39 is 23.0 Å². The molecule has 0 saturated carbocycles. The van der Waals surface area contributed by atoms with Crippen molar-refractivity contribution in [3.05, 3.63) is 83.9 Å². The predicted octanol–water partition coefficient (Wildman–Crippen LogP) is 1.65. The van der Waals surface area contributed by atoms with Crippen LogP contribution in [0.2, 0.25) is 0 Å². The molecule has 0 aliphatic carbocycles. The van der Waals surface area contributed by atoms with Crippen LogP contribution in [0.3, 0.4) is 0 Å².